The number of carbonyl (C=O) groups is 1. The molecule has 0 aromatic heterocycles. The molecule has 0 spiro atoms. The Morgan fingerprint density at radius 1 is 1.45 bits per heavy atom. The van der Waals surface area contributed by atoms with Crippen molar-refractivity contribution in [2.24, 2.45) is 5.92 Å². The number of morpholine rings is 1. The molecular weight excluding hydrogens is 256 g/mol. The van der Waals surface area contributed by atoms with E-state index in [0.717, 1.165) is 19.6 Å². The standard InChI is InChI=1S/C15H28N2O3/c1-2-19-13(12-5-3-4-6-12)7-8-17-15(18)14-11-16-9-10-20-14/h12-14,16H,2-11H2,1H3,(H,17,18). The van der Waals surface area contributed by atoms with Crippen molar-refractivity contribution in [2.75, 3.05) is 32.8 Å². The van der Waals surface area contributed by atoms with Gasteiger partial charge in [-0.25, -0.2) is 0 Å². The SMILES string of the molecule is CCOC(CCNC(=O)C1CNCCO1)C1CCCC1. The van der Waals surface area contributed by atoms with Crippen LogP contribution in [0.4, 0.5) is 0 Å². The second-order valence-electron chi connectivity index (χ2n) is 5.68. The lowest BCUT2D eigenvalue weighted by Crippen LogP contribution is -2.48. The molecule has 1 saturated heterocycles. The summed E-state index contributed by atoms with van der Waals surface area (Å²) in [6.07, 6.45) is 6.06. The molecule has 5 nitrogen and oxygen atoms in total. The third kappa shape index (κ3) is 4.72. The van der Waals surface area contributed by atoms with Gasteiger partial charge in [0.25, 0.3) is 0 Å². The summed E-state index contributed by atoms with van der Waals surface area (Å²) >= 11 is 0. The van der Waals surface area contributed by atoms with E-state index in [-0.39, 0.29) is 12.0 Å². The third-order valence-corrected chi connectivity index (χ3v) is 4.25. The molecule has 1 aliphatic heterocycles. The number of ether oxygens (including phenoxy) is 2. The summed E-state index contributed by atoms with van der Waals surface area (Å²) in [5.74, 6) is 0.679. The zero-order valence-electron chi connectivity index (χ0n) is 12.5. The molecule has 2 fully saturated rings. The van der Waals surface area contributed by atoms with Crippen molar-refractivity contribution in [2.45, 2.75) is 51.2 Å². The van der Waals surface area contributed by atoms with Crippen LogP contribution in [0.15, 0.2) is 0 Å². The van der Waals surface area contributed by atoms with Crippen LogP contribution in [0.25, 0.3) is 0 Å². The minimum absolute atomic E-state index is 0.00105. The first-order valence-corrected chi connectivity index (χ1v) is 8.03. The molecule has 1 amide bonds. The fourth-order valence-electron chi connectivity index (χ4n) is 3.18. The zero-order chi connectivity index (χ0) is 14.2. The van der Waals surface area contributed by atoms with Crippen molar-refractivity contribution >= 4 is 5.91 Å². The molecule has 1 aliphatic carbocycles. The van der Waals surface area contributed by atoms with Crippen molar-refractivity contribution < 1.29 is 14.3 Å². The largest absolute Gasteiger partial charge is 0.378 e. The maximum absolute atomic E-state index is 11.9. The average Bonchev–Trinajstić information content (AvgIpc) is 3.01. The van der Waals surface area contributed by atoms with Crippen LogP contribution in [0.3, 0.4) is 0 Å². The van der Waals surface area contributed by atoms with Gasteiger partial charge in [0.05, 0.1) is 12.7 Å². The van der Waals surface area contributed by atoms with Gasteiger partial charge in [0.15, 0.2) is 0 Å². The van der Waals surface area contributed by atoms with Gasteiger partial charge < -0.3 is 20.1 Å². The van der Waals surface area contributed by atoms with Crippen molar-refractivity contribution in [3.05, 3.63) is 0 Å². The van der Waals surface area contributed by atoms with E-state index in [2.05, 4.69) is 10.6 Å². The van der Waals surface area contributed by atoms with Gasteiger partial charge in [-0.15, -0.1) is 0 Å². The van der Waals surface area contributed by atoms with Crippen LogP contribution in [0, 0.1) is 5.92 Å². The first-order chi connectivity index (χ1) is 9.81. The Morgan fingerprint density at radius 3 is 2.90 bits per heavy atom. The molecule has 1 saturated carbocycles. The molecule has 2 aliphatic rings. The lowest BCUT2D eigenvalue weighted by atomic mass is 9.98. The highest BCUT2D eigenvalue weighted by Gasteiger charge is 2.26. The van der Waals surface area contributed by atoms with Crippen molar-refractivity contribution in [3.8, 4) is 0 Å². The van der Waals surface area contributed by atoms with Crippen LogP contribution >= 0.6 is 0 Å². The summed E-state index contributed by atoms with van der Waals surface area (Å²) in [5, 5.41) is 6.15. The average molecular weight is 284 g/mol. The Balaban J connectivity index is 1.67. The number of hydrogen-bond acceptors (Lipinski definition) is 4. The number of hydrogen-bond donors (Lipinski definition) is 2. The van der Waals surface area contributed by atoms with Gasteiger partial charge in [0, 0.05) is 26.2 Å². The Morgan fingerprint density at radius 2 is 2.25 bits per heavy atom. The molecule has 0 radical (unpaired) electrons. The summed E-state index contributed by atoms with van der Waals surface area (Å²) in [7, 11) is 0. The molecule has 2 rings (SSSR count). The number of rotatable bonds is 7. The maximum atomic E-state index is 11.9. The fourth-order valence-corrected chi connectivity index (χ4v) is 3.18. The predicted molar refractivity (Wildman–Crippen MR) is 77.6 cm³/mol. The second kappa shape index (κ2) is 8.60. The smallest absolute Gasteiger partial charge is 0.250 e. The van der Waals surface area contributed by atoms with Gasteiger partial charge in [-0.2, -0.15) is 0 Å². The van der Waals surface area contributed by atoms with E-state index < -0.39 is 0 Å². The van der Waals surface area contributed by atoms with E-state index in [1.54, 1.807) is 0 Å². The van der Waals surface area contributed by atoms with Crippen molar-refractivity contribution in [1.29, 1.82) is 0 Å². The molecule has 0 aromatic carbocycles. The second-order valence-corrected chi connectivity index (χ2v) is 5.68. The first-order valence-electron chi connectivity index (χ1n) is 8.03. The summed E-state index contributed by atoms with van der Waals surface area (Å²) in [5.41, 5.74) is 0. The summed E-state index contributed by atoms with van der Waals surface area (Å²) in [6, 6.07) is 0. The number of carbonyl (C=O) groups excluding carboxylic acids is 1. The van der Waals surface area contributed by atoms with Crippen molar-refractivity contribution in [1.82, 2.24) is 10.6 Å². The van der Waals surface area contributed by atoms with E-state index in [9.17, 15) is 4.79 Å². The highest BCUT2D eigenvalue weighted by atomic mass is 16.5. The molecule has 2 unspecified atom stereocenters. The Hall–Kier alpha value is -0.650. The highest BCUT2D eigenvalue weighted by Crippen LogP contribution is 2.30. The lowest BCUT2D eigenvalue weighted by molar-refractivity contribution is -0.134. The topological polar surface area (TPSA) is 59.6 Å². The van der Waals surface area contributed by atoms with Crippen molar-refractivity contribution in [3.63, 3.8) is 0 Å². The number of amides is 1. The van der Waals surface area contributed by atoms with Crippen LogP contribution in [0.1, 0.15) is 39.0 Å². The van der Waals surface area contributed by atoms with E-state index in [4.69, 9.17) is 9.47 Å². The quantitative estimate of drug-likeness (QED) is 0.734. The summed E-state index contributed by atoms with van der Waals surface area (Å²) in [4.78, 5) is 11.9. The number of nitrogens with one attached hydrogen (secondary N) is 2. The van der Waals surface area contributed by atoms with Crippen LogP contribution < -0.4 is 10.6 Å². The fraction of sp³-hybridized carbons (Fsp3) is 0.933. The minimum Gasteiger partial charge on any atom is -0.378 e. The molecule has 2 N–H and O–H groups in total. The van der Waals surface area contributed by atoms with Crippen LogP contribution in [0.2, 0.25) is 0 Å². The van der Waals surface area contributed by atoms with Gasteiger partial charge in [-0.3, -0.25) is 4.79 Å². The highest BCUT2D eigenvalue weighted by molar-refractivity contribution is 5.81. The normalized spacial score (nSPS) is 25.6. The predicted octanol–water partition coefficient (Wildman–Crippen LogP) is 1.08. The van der Waals surface area contributed by atoms with E-state index >= 15 is 0 Å². The van der Waals surface area contributed by atoms with Gasteiger partial charge in [0.2, 0.25) is 5.91 Å². The maximum Gasteiger partial charge on any atom is 0.250 e. The van der Waals surface area contributed by atoms with E-state index in [0.29, 0.717) is 31.7 Å². The molecule has 5 heteroatoms. The molecule has 0 bridgehead atoms. The molecule has 20 heavy (non-hydrogen) atoms. The summed E-state index contributed by atoms with van der Waals surface area (Å²) in [6.45, 7) is 5.54. The molecule has 0 aromatic rings. The van der Waals surface area contributed by atoms with Crippen LogP contribution in [0.5, 0.6) is 0 Å². The van der Waals surface area contributed by atoms with E-state index in [1.807, 2.05) is 6.92 Å². The van der Waals surface area contributed by atoms with E-state index in [1.165, 1.54) is 25.7 Å². The Labute approximate surface area is 121 Å². The molecule has 116 valence electrons. The zero-order valence-corrected chi connectivity index (χ0v) is 12.5. The van der Waals surface area contributed by atoms with Gasteiger partial charge in [-0.05, 0) is 32.1 Å². The first kappa shape index (κ1) is 15.7. The van der Waals surface area contributed by atoms with Gasteiger partial charge in [0.1, 0.15) is 6.10 Å². The molecular formula is C15H28N2O3. The molecule has 1 heterocycles. The van der Waals surface area contributed by atoms with Gasteiger partial charge >= 0.3 is 0 Å². The van der Waals surface area contributed by atoms with Gasteiger partial charge in [-0.1, -0.05) is 12.8 Å². The van der Waals surface area contributed by atoms with Crippen LogP contribution in [-0.4, -0.2) is 51.0 Å². The summed E-state index contributed by atoms with van der Waals surface area (Å²) < 4.78 is 11.3. The lowest BCUT2D eigenvalue weighted by Gasteiger charge is -2.25. The third-order valence-electron chi connectivity index (χ3n) is 4.25. The van der Waals surface area contributed by atoms with Crippen LogP contribution in [-0.2, 0) is 14.3 Å². The molecule has 2 atom stereocenters. The monoisotopic (exact) mass is 284 g/mol. The minimum atomic E-state index is -0.333. The Kier molecular flexibility index (Phi) is 6.76. The Bertz CT molecular complexity index is 287.